The molecule has 0 aliphatic carbocycles. The van der Waals surface area contributed by atoms with Crippen molar-refractivity contribution in [1.29, 1.82) is 0 Å². The second-order valence-corrected chi connectivity index (χ2v) is 9.00. The highest BCUT2D eigenvalue weighted by Crippen LogP contribution is 2.22. The third-order valence-electron chi connectivity index (χ3n) is 6.30. The van der Waals surface area contributed by atoms with Crippen LogP contribution in [0.15, 0.2) is 121 Å². The molecule has 37 heavy (non-hydrogen) atoms. The molecular weight excluding hydrogens is 458 g/mol. The number of rotatable bonds is 13. The van der Waals surface area contributed by atoms with Gasteiger partial charge in [0, 0.05) is 19.1 Å². The summed E-state index contributed by atoms with van der Waals surface area (Å²) in [6.45, 7) is 1.52. The third-order valence-corrected chi connectivity index (χ3v) is 6.30. The van der Waals surface area contributed by atoms with Crippen LogP contribution in [-0.2, 0) is 35.6 Å². The fraction of sp³-hybridized carbons (Fsp3) is 0.188. The normalized spacial score (nSPS) is 12.5. The highest BCUT2D eigenvalue weighted by Gasteiger charge is 2.35. The lowest BCUT2D eigenvalue weighted by Gasteiger charge is -2.36. The summed E-state index contributed by atoms with van der Waals surface area (Å²) in [5.41, 5.74) is 13.6. The van der Waals surface area contributed by atoms with Crippen LogP contribution in [-0.4, -0.2) is 33.8 Å². The minimum Gasteiger partial charge on any atom is -0.363 e. The topological polar surface area (TPSA) is 65.9 Å². The molecule has 0 spiro atoms. The van der Waals surface area contributed by atoms with E-state index in [1.165, 1.54) is 0 Å². The lowest BCUT2D eigenvalue weighted by atomic mass is 9.95. The largest absolute Gasteiger partial charge is 0.363 e. The van der Waals surface area contributed by atoms with Gasteiger partial charge in [0.25, 0.3) is 5.78 Å². The number of ketones is 1. The number of hydrogen-bond acceptors (Lipinski definition) is 3. The standard InChI is InChI=1S/C32H31N3O2/c33-34-22-31(36)32(37-25-29-19-11-4-12-20-29)30(21-26-13-5-1-6-14-26)35(23-27-15-7-2-8-16-27)24-28-17-9-3-10-18-28/h1-20,22,30,32H,21,23-25H2/t30-,32+/m0/s1. The molecule has 4 rings (SSSR count). The molecule has 5 heteroatoms. The van der Waals surface area contributed by atoms with Crippen molar-refractivity contribution >= 4 is 12.0 Å². The lowest BCUT2D eigenvalue weighted by molar-refractivity contribution is -0.133. The fourth-order valence-corrected chi connectivity index (χ4v) is 4.48. The van der Waals surface area contributed by atoms with Gasteiger partial charge in [-0.2, -0.15) is 4.79 Å². The fourth-order valence-electron chi connectivity index (χ4n) is 4.48. The summed E-state index contributed by atoms with van der Waals surface area (Å²) in [4.78, 5) is 18.7. The van der Waals surface area contributed by atoms with Gasteiger partial charge >= 0.3 is 6.21 Å². The van der Waals surface area contributed by atoms with Crippen molar-refractivity contribution in [2.45, 2.75) is 38.3 Å². The molecule has 0 amide bonds. The first-order valence-electron chi connectivity index (χ1n) is 12.5. The molecular formula is C32H31N3O2. The van der Waals surface area contributed by atoms with Crippen molar-refractivity contribution in [2.24, 2.45) is 0 Å². The maximum atomic E-state index is 13.3. The third kappa shape index (κ3) is 7.92. The number of carbonyl (C=O) groups is 1. The van der Waals surface area contributed by atoms with Gasteiger partial charge in [0.1, 0.15) is 6.10 Å². The number of ether oxygens (including phenoxy) is 1. The van der Waals surface area contributed by atoms with Crippen LogP contribution in [0.4, 0.5) is 0 Å². The van der Waals surface area contributed by atoms with E-state index in [1.807, 2.05) is 84.9 Å². The zero-order chi connectivity index (χ0) is 25.7. The van der Waals surface area contributed by atoms with Crippen LogP contribution in [0.2, 0.25) is 0 Å². The Morgan fingerprint density at radius 1 is 0.703 bits per heavy atom. The predicted octanol–water partition coefficient (Wildman–Crippen LogP) is 5.76. The van der Waals surface area contributed by atoms with E-state index in [2.05, 4.69) is 46.1 Å². The van der Waals surface area contributed by atoms with Crippen LogP contribution in [0.25, 0.3) is 5.53 Å². The molecule has 2 atom stereocenters. The van der Waals surface area contributed by atoms with Gasteiger partial charge in [-0.3, -0.25) is 9.69 Å². The number of nitrogens with zero attached hydrogens (tertiary/aromatic N) is 3. The molecule has 4 aromatic carbocycles. The molecule has 0 aliphatic rings. The summed E-state index contributed by atoms with van der Waals surface area (Å²) in [6, 6.07) is 40.0. The maximum absolute atomic E-state index is 13.3. The Balaban J connectivity index is 1.73. The van der Waals surface area contributed by atoms with Crippen molar-refractivity contribution in [2.75, 3.05) is 0 Å². The molecule has 4 aromatic rings. The number of Topliss-reactive ketones (excluding diaryl/α,β-unsaturated/α-hetero) is 1. The van der Waals surface area contributed by atoms with Crippen molar-refractivity contribution in [3.63, 3.8) is 0 Å². The minimum atomic E-state index is -0.844. The van der Waals surface area contributed by atoms with Gasteiger partial charge in [0.05, 0.1) is 6.61 Å². The van der Waals surface area contributed by atoms with Gasteiger partial charge in [-0.25, -0.2) is 0 Å². The molecule has 0 bridgehead atoms. The van der Waals surface area contributed by atoms with E-state index in [-0.39, 0.29) is 18.4 Å². The van der Waals surface area contributed by atoms with E-state index < -0.39 is 6.10 Å². The highest BCUT2D eigenvalue weighted by molar-refractivity contribution is 6.27. The van der Waals surface area contributed by atoms with Gasteiger partial charge in [0.15, 0.2) is 0 Å². The average molecular weight is 490 g/mol. The van der Waals surface area contributed by atoms with E-state index in [9.17, 15) is 10.3 Å². The number of carbonyl (C=O) groups excluding carboxylic acids is 1. The Bertz CT molecular complexity index is 1230. The summed E-state index contributed by atoms with van der Waals surface area (Å²) < 4.78 is 6.34. The molecule has 0 aliphatic heterocycles. The van der Waals surface area contributed by atoms with Gasteiger partial charge in [-0.05, 0) is 28.7 Å². The van der Waals surface area contributed by atoms with Crippen molar-refractivity contribution < 1.29 is 14.3 Å². The Hall–Kier alpha value is -4.15. The maximum Gasteiger partial charge on any atom is 0.326 e. The smallest absolute Gasteiger partial charge is 0.326 e. The SMILES string of the molecule is [N-]=[N+]=CC(=O)[C@H](OCc1ccccc1)[C@H](Cc1ccccc1)N(Cc1ccccc1)Cc1ccccc1. The quantitative estimate of drug-likeness (QED) is 0.136. The molecule has 0 unspecified atom stereocenters. The van der Waals surface area contributed by atoms with Crippen LogP contribution < -0.4 is 0 Å². The molecule has 186 valence electrons. The van der Waals surface area contributed by atoms with Crippen LogP contribution in [0.3, 0.4) is 0 Å². The Kier molecular flexibility index (Phi) is 9.68. The van der Waals surface area contributed by atoms with Crippen LogP contribution in [0, 0.1) is 0 Å². The van der Waals surface area contributed by atoms with Gasteiger partial charge in [-0.1, -0.05) is 121 Å². The summed E-state index contributed by atoms with van der Waals surface area (Å²) in [6.07, 6.45) is 0.700. The van der Waals surface area contributed by atoms with Gasteiger partial charge in [-0.15, -0.1) is 0 Å². The predicted molar refractivity (Wildman–Crippen MR) is 146 cm³/mol. The molecule has 0 N–H and O–H groups in total. The van der Waals surface area contributed by atoms with E-state index in [0.29, 0.717) is 19.5 Å². The second kappa shape index (κ2) is 13.8. The molecule has 0 radical (unpaired) electrons. The van der Waals surface area contributed by atoms with Crippen LogP contribution in [0.5, 0.6) is 0 Å². The van der Waals surface area contributed by atoms with Crippen molar-refractivity contribution in [3.05, 3.63) is 149 Å². The van der Waals surface area contributed by atoms with E-state index >= 15 is 0 Å². The number of benzene rings is 4. The van der Waals surface area contributed by atoms with Crippen molar-refractivity contribution in [1.82, 2.24) is 4.90 Å². The number of hydrogen-bond donors (Lipinski definition) is 0. The first kappa shape index (κ1) is 25.9. The summed E-state index contributed by atoms with van der Waals surface area (Å²) in [5.74, 6) is -0.370. The summed E-state index contributed by atoms with van der Waals surface area (Å²) >= 11 is 0. The first-order chi connectivity index (χ1) is 18.2. The molecule has 0 heterocycles. The minimum absolute atomic E-state index is 0.270. The lowest BCUT2D eigenvalue weighted by Crippen LogP contribution is -2.49. The summed E-state index contributed by atoms with van der Waals surface area (Å²) in [5, 5.41) is 0. The Labute approximate surface area is 218 Å². The van der Waals surface area contributed by atoms with Crippen LogP contribution in [0.1, 0.15) is 22.3 Å². The van der Waals surface area contributed by atoms with Gasteiger partial charge < -0.3 is 10.3 Å². The first-order valence-corrected chi connectivity index (χ1v) is 12.5. The Morgan fingerprint density at radius 2 is 1.14 bits per heavy atom. The summed E-state index contributed by atoms with van der Waals surface area (Å²) in [7, 11) is 0. The molecule has 0 aromatic heterocycles. The average Bonchev–Trinajstić information content (AvgIpc) is 2.95. The van der Waals surface area contributed by atoms with E-state index in [1.54, 1.807) is 0 Å². The monoisotopic (exact) mass is 489 g/mol. The van der Waals surface area contributed by atoms with Gasteiger partial charge in [0.2, 0.25) is 0 Å². The molecule has 0 saturated heterocycles. The van der Waals surface area contributed by atoms with Crippen molar-refractivity contribution in [3.8, 4) is 0 Å². The second-order valence-electron chi connectivity index (χ2n) is 9.00. The molecule has 0 fully saturated rings. The van der Waals surface area contributed by atoms with E-state index in [0.717, 1.165) is 28.5 Å². The Morgan fingerprint density at radius 3 is 1.59 bits per heavy atom. The van der Waals surface area contributed by atoms with Crippen LogP contribution >= 0.6 is 0 Å². The highest BCUT2D eigenvalue weighted by atomic mass is 16.5. The zero-order valence-electron chi connectivity index (χ0n) is 20.8. The molecule has 0 saturated carbocycles. The molecule has 5 nitrogen and oxygen atoms in total. The van der Waals surface area contributed by atoms with E-state index in [4.69, 9.17) is 4.74 Å². The zero-order valence-corrected chi connectivity index (χ0v) is 20.8.